The number of rotatable bonds is 1. The first-order chi connectivity index (χ1) is 7.95. The summed E-state index contributed by atoms with van der Waals surface area (Å²) < 4.78 is 0. The third-order valence-electron chi connectivity index (χ3n) is 3.27. The molecule has 2 N–H and O–H groups in total. The van der Waals surface area contributed by atoms with E-state index in [1.165, 1.54) is 16.9 Å². The molecule has 3 heteroatoms. The number of nitrogens with one attached hydrogen (secondary N) is 2. The predicted molar refractivity (Wildman–Crippen MR) is 68.0 cm³/mol. The normalized spacial score (nSPS) is 19.1. The van der Waals surface area contributed by atoms with Crippen molar-refractivity contribution < 1.29 is 0 Å². The molecule has 0 unspecified atom stereocenters. The zero-order chi connectivity index (χ0) is 10.8. The van der Waals surface area contributed by atoms with Gasteiger partial charge in [0, 0.05) is 26.2 Å². The van der Waals surface area contributed by atoms with Crippen LogP contribution in [0.15, 0.2) is 30.5 Å². The Kier molecular flexibility index (Phi) is 2.54. The number of anilines is 2. The van der Waals surface area contributed by atoms with Crippen LogP contribution in [0.1, 0.15) is 5.56 Å². The number of allylic oxidation sites excluding steroid dienone is 1. The maximum absolute atomic E-state index is 3.39. The first-order valence-electron chi connectivity index (χ1n) is 5.94. The quantitative estimate of drug-likeness (QED) is 0.744. The Labute approximate surface area is 96.1 Å². The summed E-state index contributed by atoms with van der Waals surface area (Å²) in [5.74, 6) is 0. The van der Waals surface area contributed by atoms with Gasteiger partial charge in [0.25, 0.3) is 0 Å². The van der Waals surface area contributed by atoms with Gasteiger partial charge < -0.3 is 15.5 Å². The molecule has 2 heterocycles. The van der Waals surface area contributed by atoms with E-state index >= 15 is 0 Å². The standard InChI is InChI=1S/C13H17N3/c1-3-11-4-2-6-15-13(11)12(5-1)16-9-7-14-8-10-16/h1-3,5-6,14-15H,4,7-10H2. The molecule has 0 bridgehead atoms. The van der Waals surface area contributed by atoms with Gasteiger partial charge in [-0.15, -0.1) is 0 Å². The van der Waals surface area contributed by atoms with E-state index in [-0.39, 0.29) is 0 Å². The number of hydrogen-bond donors (Lipinski definition) is 2. The number of para-hydroxylation sites is 1. The molecule has 0 spiro atoms. The minimum atomic E-state index is 1.04. The lowest BCUT2D eigenvalue weighted by atomic mass is 10.0. The van der Waals surface area contributed by atoms with E-state index in [0.717, 1.165) is 32.6 Å². The summed E-state index contributed by atoms with van der Waals surface area (Å²) in [5.41, 5.74) is 4.05. The van der Waals surface area contributed by atoms with Crippen LogP contribution in [0, 0.1) is 0 Å². The molecule has 1 saturated heterocycles. The Balaban J connectivity index is 1.94. The molecule has 0 atom stereocenters. The Morgan fingerprint density at radius 1 is 1.12 bits per heavy atom. The lowest BCUT2D eigenvalue weighted by Gasteiger charge is -2.32. The van der Waals surface area contributed by atoms with E-state index in [4.69, 9.17) is 0 Å². The number of fused-ring (bicyclic) bond motifs is 1. The van der Waals surface area contributed by atoms with Crippen LogP contribution in [0.2, 0.25) is 0 Å². The van der Waals surface area contributed by atoms with Crippen LogP contribution in [-0.2, 0) is 6.42 Å². The second-order valence-corrected chi connectivity index (χ2v) is 4.30. The van der Waals surface area contributed by atoms with Gasteiger partial charge in [-0.2, -0.15) is 0 Å². The zero-order valence-electron chi connectivity index (χ0n) is 9.37. The van der Waals surface area contributed by atoms with E-state index in [1.54, 1.807) is 0 Å². The minimum absolute atomic E-state index is 1.04. The highest BCUT2D eigenvalue weighted by Crippen LogP contribution is 2.32. The molecule has 1 fully saturated rings. The molecule has 2 aliphatic rings. The average Bonchev–Trinajstić information content (AvgIpc) is 2.39. The van der Waals surface area contributed by atoms with Crippen molar-refractivity contribution in [3.8, 4) is 0 Å². The maximum atomic E-state index is 3.39. The summed E-state index contributed by atoms with van der Waals surface area (Å²) in [5, 5.41) is 6.77. The minimum Gasteiger partial charge on any atom is -0.367 e. The fourth-order valence-corrected chi connectivity index (χ4v) is 2.42. The molecular weight excluding hydrogens is 198 g/mol. The molecule has 2 aliphatic heterocycles. The lowest BCUT2D eigenvalue weighted by Crippen LogP contribution is -2.43. The van der Waals surface area contributed by atoms with Gasteiger partial charge in [-0.25, -0.2) is 0 Å². The van der Waals surface area contributed by atoms with Crippen LogP contribution in [0.25, 0.3) is 0 Å². The second-order valence-electron chi connectivity index (χ2n) is 4.30. The summed E-state index contributed by atoms with van der Waals surface area (Å²) >= 11 is 0. The molecular formula is C13H17N3. The summed E-state index contributed by atoms with van der Waals surface area (Å²) in [4.78, 5) is 2.46. The number of hydrogen-bond acceptors (Lipinski definition) is 3. The van der Waals surface area contributed by atoms with Crippen LogP contribution in [0.5, 0.6) is 0 Å². The predicted octanol–water partition coefficient (Wildman–Crippen LogP) is 1.58. The highest BCUT2D eigenvalue weighted by molar-refractivity contribution is 5.76. The largest absolute Gasteiger partial charge is 0.367 e. The van der Waals surface area contributed by atoms with Gasteiger partial charge in [0.05, 0.1) is 11.4 Å². The highest BCUT2D eigenvalue weighted by Gasteiger charge is 2.16. The molecule has 3 nitrogen and oxygen atoms in total. The molecule has 0 amide bonds. The van der Waals surface area contributed by atoms with Crippen molar-refractivity contribution in [2.45, 2.75) is 6.42 Å². The Hall–Kier alpha value is -1.48. The topological polar surface area (TPSA) is 27.3 Å². The smallest absolute Gasteiger partial charge is 0.0653 e. The molecule has 0 aromatic heterocycles. The Bertz CT molecular complexity index is 406. The second kappa shape index (κ2) is 4.18. The zero-order valence-corrected chi connectivity index (χ0v) is 9.37. The van der Waals surface area contributed by atoms with Crippen molar-refractivity contribution in [2.75, 3.05) is 36.4 Å². The van der Waals surface area contributed by atoms with Crippen LogP contribution in [-0.4, -0.2) is 26.2 Å². The van der Waals surface area contributed by atoms with Crippen LogP contribution in [0.4, 0.5) is 11.4 Å². The third-order valence-corrected chi connectivity index (χ3v) is 3.27. The van der Waals surface area contributed by atoms with Gasteiger partial charge in [0.1, 0.15) is 0 Å². The molecule has 1 aromatic carbocycles. The maximum Gasteiger partial charge on any atom is 0.0653 e. The van der Waals surface area contributed by atoms with E-state index < -0.39 is 0 Å². The van der Waals surface area contributed by atoms with Crippen molar-refractivity contribution in [2.24, 2.45) is 0 Å². The molecule has 0 aliphatic carbocycles. The van der Waals surface area contributed by atoms with Crippen molar-refractivity contribution in [1.82, 2.24) is 5.32 Å². The first kappa shape index (κ1) is 9.73. The van der Waals surface area contributed by atoms with Gasteiger partial charge in [-0.3, -0.25) is 0 Å². The number of piperazine rings is 1. The van der Waals surface area contributed by atoms with E-state index in [0.29, 0.717) is 0 Å². The summed E-state index contributed by atoms with van der Waals surface area (Å²) in [6.45, 7) is 4.36. The lowest BCUT2D eigenvalue weighted by molar-refractivity contribution is 0.589. The summed E-state index contributed by atoms with van der Waals surface area (Å²) in [7, 11) is 0. The van der Waals surface area contributed by atoms with E-state index in [1.807, 2.05) is 6.20 Å². The van der Waals surface area contributed by atoms with Crippen molar-refractivity contribution in [3.05, 3.63) is 36.0 Å². The van der Waals surface area contributed by atoms with Gasteiger partial charge >= 0.3 is 0 Å². The van der Waals surface area contributed by atoms with Gasteiger partial charge in [-0.1, -0.05) is 18.2 Å². The van der Waals surface area contributed by atoms with E-state index in [9.17, 15) is 0 Å². The molecule has 84 valence electrons. The van der Waals surface area contributed by atoms with E-state index in [2.05, 4.69) is 39.8 Å². The van der Waals surface area contributed by atoms with Crippen molar-refractivity contribution in [1.29, 1.82) is 0 Å². The highest BCUT2D eigenvalue weighted by atomic mass is 15.2. The number of benzene rings is 1. The van der Waals surface area contributed by atoms with Crippen LogP contribution < -0.4 is 15.5 Å². The van der Waals surface area contributed by atoms with Gasteiger partial charge in [0.2, 0.25) is 0 Å². The molecule has 0 radical (unpaired) electrons. The van der Waals surface area contributed by atoms with Gasteiger partial charge in [0.15, 0.2) is 0 Å². The fraction of sp³-hybridized carbons (Fsp3) is 0.385. The van der Waals surface area contributed by atoms with Crippen LogP contribution >= 0.6 is 0 Å². The molecule has 1 aromatic rings. The Morgan fingerprint density at radius 2 is 2.00 bits per heavy atom. The molecule has 3 rings (SSSR count). The number of nitrogens with zero attached hydrogens (tertiary/aromatic N) is 1. The average molecular weight is 215 g/mol. The van der Waals surface area contributed by atoms with Crippen LogP contribution in [0.3, 0.4) is 0 Å². The Morgan fingerprint density at radius 3 is 2.88 bits per heavy atom. The van der Waals surface area contributed by atoms with Gasteiger partial charge in [-0.05, 0) is 24.3 Å². The SMILES string of the molecule is C1=CNc2c(cccc2N2CCNCC2)C1. The third kappa shape index (κ3) is 1.67. The summed E-state index contributed by atoms with van der Waals surface area (Å²) in [6, 6.07) is 6.59. The monoisotopic (exact) mass is 215 g/mol. The fourth-order valence-electron chi connectivity index (χ4n) is 2.42. The van der Waals surface area contributed by atoms with Crippen molar-refractivity contribution >= 4 is 11.4 Å². The molecule has 16 heavy (non-hydrogen) atoms. The summed E-state index contributed by atoms with van der Waals surface area (Å²) in [6.07, 6.45) is 5.26. The van der Waals surface area contributed by atoms with Crippen molar-refractivity contribution in [3.63, 3.8) is 0 Å². The first-order valence-corrected chi connectivity index (χ1v) is 5.94. The molecule has 0 saturated carbocycles.